The number of halogens is 1. The van der Waals surface area contributed by atoms with Crippen molar-refractivity contribution in [3.05, 3.63) is 41.5 Å². The number of thioether (sulfide) groups is 1. The van der Waals surface area contributed by atoms with Crippen LogP contribution in [0.25, 0.3) is 0 Å². The largest absolute Gasteiger partial charge is 0.338 e. The molecule has 2 rings (SSSR count). The van der Waals surface area contributed by atoms with Crippen molar-refractivity contribution in [2.24, 2.45) is 0 Å². The van der Waals surface area contributed by atoms with Crippen LogP contribution in [0.2, 0.25) is 0 Å². The molecule has 0 fully saturated rings. The second kappa shape index (κ2) is 9.18. The van der Waals surface area contributed by atoms with Gasteiger partial charge in [0.15, 0.2) is 5.82 Å². The van der Waals surface area contributed by atoms with Crippen LogP contribution in [0.15, 0.2) is 33.7 Å². The Morgan fingerprint density at radius 2 is 1.86 bits per heavy atom. The highest BCUT2D eigenvalue weighted by Crippen LogP contribution is 2.24. The molecule has 0 aliphatic rings. The molecule has 0 aliphatic carbocycles. The molecular formula is C16H24ClN3OS. The molecule has 0 radical (unpaired) electrons. The second-order valence-corrected chi connectivity index (χ2v) is 6.56. The first-order valence-corrected chi connectivity index (χ1v) is 8.28. The Morgan fingerprint density at radius 3 is 2.45 bits per heavy atom. The van der Waals surface area contributed by atoms with Crippen molar-refractivity contribution in [3.63, 3.8) is 0 Å². The Bertz CT molecular complexity index is 557. The molecule has 4 nitrogen and oxygen atoms in total. The van der Waals surface area contributed by atoms with Crippen LogP contribution in [0.5, 0.6) is 0 Å². The van der Waals surface area contributed by atoms with Crippen LogP contribution in [-0.2, 0) is 12.2 Å². The lowest BCUT2D eigenvalue weighted by atomic mass is 10.0. The molecule has 1 N–H and O–H groups in total. The number of likely N-dealkylation sites (N-methyl/N-ethyl adjacent to an activating group) is 1. The minimum Gasteiger partial charge on any atom is -0.338 e. The predicted octanol–water partition coefficient (Wildman–Crippen LogP) is 4.06. The van der Waals surface area contributed by atoms with Gasteiger partial charge in [0.05, 0.1) is 5.75 Å². The lowest BCUT2D eigenvalue weighted by molar-refractivity contribution is 0.382. The van der Waals surface area contributed by atoms with Crippen LogP contribution in [-0.4, -0.2) is 23.2 Å². The molecule has 1 heterocycles. The van der Waals surface area contributed by atoms with E-state index < -0.39 is 0 Å². The molecule has 0 spiro atoms. The molecule has 1 unspecified atom stereocenters. The normalized spacial score (nSPS) is 12.2. The van der Waals surface area contributed by atoms with Gasteiger partial charge >= 0.3 is 0 Å². The molecular weight excluding hydrogens is 318 g/mol. The van der Waals surface area contributed by atoms with Crippen molar-refractivity contribution >= 4 is 24.2 Å². The summed E-state index contributed by atoms with van der Waals surface area (Å²) in [6.45, 7) is 6.50. The second-order valence-electron chi connectivity index (χ2n) is 5.51. The summed E-state index contributed by atoms with van der Waals surface area (Å²) < 4.78 is 5.28. The van der Waals surface area contributed by atoms with Gasteiger partial charge in [-0.2, -0.15) is 4.98 Å². The zero-order valence-electron chi connectivity index (χ0n) is 13.5. The zero-order chi connectivity index (χ0) is 15.2. The summed E-state index contributed by atoms with van der Waals surface area (Å²) in [6.07, 6.45) is 0.785. The molecule has 2 aromatic rings. The van der Waals surface area contributed by atoms with E-state index in [-0.39, 0.29) is 12.4 Å². The van der Waals surface area contributed by atoms with Crippen LogP contribution in [0, 0.1) is 0 Å². The average molecular weight is 342 g/mol. The molecule has 22 heavy (non-hydrogen) atoms. The van der Waals surface area contributed by atoms with Gasteiger partial charge in [0.1, 0.15) is 0 Å². The lowest BCUT2D eigenvalue weighted by Crippen LogP contribution is -2.24. The topological polar surface area (TPSA) is 51.0 Å². The van der Waals surface area contributed by atoms with Gasteiger partial charge in [-0.15, -0.1) is 24.2 Å². The first-order valence-electron chi connectivity index (χ1n) is 7.30. The van der Waals surface area contributed by atoms with Crippen molar-refractivity contribution in [2.45, 2.75) is 49.8 Å². The Morgan fingerprint density at radius 1 is 1.18 bits per heavy atom. The van der Waals surface area contributed by atoms with Crippen molar-refractivity contribution in [2.75, 3.05) is 7.05 Å². The van der Waals surface area contributed by atoms with E-state index in [2.05, 4.69) is 60.5 Å². The third-order valence-electron chi connectivity index (χ3n) is 3.40. The van der Waals surface area contributed by atoms with E-state index in [0.29, 0.717) is 23.6 Å². The highest BCUT2D eigenvalue weighted by Gasteiger charge is 2.09. The van der Waals surface area contributed by atoms with E-state index in [9.17, 15) is 0 Å². The maximum Gasteiger partial charge on any atom is 0.237 e. The standard InChI is InChI=1S/C16H23N3OS.ClH/c1-11(2)13-5-7-14(8-6-13)21-10-16-18-15(19-20-16)9-12(3)17-4;/h5-8,11-12,17H,9-10H2,1-4H3;1H. The lowest BCUT2D eigenvalue weighted by Gasteiger charge is -2.05. The maximum absolute atomic E-state index is 5.28. The molecule has 0 aliphatic heterocycles. The quantitative estimate of drug-likeness (QED) is 0.770. The number of rotatable bonds is 7. The fraction of sp³-hybridized carbons (Fsp3) is 0.500. The van der Waals surface area contributed by atoms with E-state index >= 15 is 0 Å². The van der Waals surface area contributed by atoms with E-state index in [1.54, 1.807) is 11.8 Å². The summed E-state index contributed by atoms with van der Waals surface area (Å²) in [6, 6.07) is 9.02. The first kappa shape index (κ1) is 19.0. The highest BCUT2D eigenvalue weighted by molar-refractivity contribution is 7.98. The molecule has 122 valence electrons. The molecule has 0 saturated carbocycles. The molecule has 6 heteroatoms. The van der Waals surface area contributed by atoms with Crippen LogP contribution in [0.4, 0.5) is 0 Å². The van der Waals surface area contributed by atoms with Crippen LogP contribution in [0.1, 0.15) is 44.0 Å². The van der Waals surface area contributed by atoms with Gasteiger partial charge in [-0.25, -0.2) is 0 Å². The molecule has 0 bridgehead atoms. The fourth-order valence-electron chi connectivity index (χ4n) is 1.90. The minimum atomic E-state index is 0. The smallest absolute Gasteiger partial charge is 0.237 e. The van der Waals surface area contributed by atoms with Crippen LogP contribution >= 0.6 is 24.2 Å². The van der Waals surface area contributed by atoms with E-state index in [0.717, 1.165) is 12.2 Å². The fourth-order valence-corrected chi connectivity index (χ4v) is 2.64. The molecule has 1 aromatic carbocycles. The van der Waals surface area contributed by atoms with Crippen LogP contribution in [0.3, 0.4) is 0 Å². The number of nitrogens with one attached hydrogen (secondary N) is 1. The maximum atomic E-state index is 5.28. The van der Waals surface area contributed by atoms with Gasteiger partial charge in [-0.1, -0.05) is 31.1 Å². The van der Waals surface area contributed by atoms with Gasteiger partial charge in [0.25, 0.3) is 0 Å². The van der Waals surface area contributed by atoms with Gasteiger partial charge in [0.2, 0.25) is 5.89 Å². The van der Waals surface area contributed by atoms with Crippen molar-refractivity contribution in [3.8, 4) is 0 Å². The third-order valence-corrected chi connectivity index (χ3v) is 4.40. The Balaban J connectivity index is 0.00000242. The number of hydrogen-bond donors (Lipinski definition) is 1. The Kier molecular flexibility index (Phi) is 7.93. The summed E-state index contributed by atoms with van der Waals surface area (Å²) in [4.78, 5) is 5.65. The van der Waals surface area contributed by atoms with Crippen molar-refractivity contribution < 1.29 is 4.52 Å². The van der Waals surface area contributed by atoms with Crippen molar-refractivity contribution in [1.82, 2.24) is 15.5 Å². The van der Waals surface area contributed by atoms with E-state index in [1.165, 1.54) is 10.5 Å². The third kappa shape index (κ3) is 5.63. The number of benzene rings is 1. The predicted molar refractivity (Wildman–Crippen MR) is 93.9 cm³/mol. The molecule has 0 amide bonds. The molecule has 1 atom stereocenters. The van der Waals surface area contributed by atoms with E-state index in [4.69, 9.17) is 4.52 Å². The summed E-state index contributed by atoms with van der Waals surface area (Å²) >= 11 is 1.72. The number of aromatic nitrogens is 2. The van der Waals surface area contributed by atoms with Gasteiger partial charge in [-0.05, 0) is 37.6 Å². The Hall–Kier alpha value is -1.04. The summed E-state index contributed by atoms with van der Waals surface area (Å²) in [5, 5.41) is 7.18. The van der Waals surface area contributed by atoms with Gasteiger partial charge < -0.3 is 9.84 Å². The monoisotopic (exact) mass is 341 g/mol. The highest BCUT2D eigenvalue weighted by atomic mass is 35.5. The average Bonchev–Trinajstić information content (AvgIpc) is 2.93. The zero-order valence-corrected chi connectivity index (χ0v) is 15.1. The molecule has 0 saturated heterocycles. The summed E-state index contributed by atoms with van der Waals surface area (Å²) in [7, 11) is 1.93. The van der Waals surface area contributed by atoms with Gasteiger partial charge in [-0.3, -0.25) is 0 Å². The van der Waals surface area contributed by atoms with E-state index in [1.807, 2.05) is 7.05 Å². The van der Waals surface area contributed by atoms with Gasteiger partial charge in [0, 0.05) is 17.4 Å². The summed E-state index contributed by atoms with van der Waals surface area (Å²) in [5.74, 6) is 2.73. The van der Waals surface area contributed by atoms with Crippen LogP contribution < -0.4 is 5.32 Å². The number of nitrogens with zero attached hydrogens (tertiary/aromatic N) is 2. The SMILES string of the molecule is CNC(C)Cc1noc(CSc2ccc(C(C)C)cc2)n1.Cl. The summed E-state index contributed by atoms with van der Waals surface area (Å²) in [5.41, 5.74) is 1.36. The molecule has 1 aromatic heterocycles. The number of hydrogen-bond acceptors (Lipinski definition) is 5. The minimum absolute atomic E-state index is 0. The Labute approximate surface area is 142 Å². The van der Waals surface area contributed by atoms with Crippen molar-refractivity contribution in [1.29, 1.82) is 0 Å². The first-order chi connectivity index (χ1) is 10.1.